The molecule has 62 valence electrons. The highest BCUT2D eigenvalue weighted by atomic mass is 35.5. The van der Waals surface area contributed by atoms with Crippen molar-refractivity contribution in [1.29, 1.82) is 0 Å². The van der Waals surface area contributed by atoms with Gasteiger partial charge in [0.2, 0.25) is 6.54 Å². The topological polar surface area (TPSA) is 4.36 Å². The van der Waals surface area contributed by atoms with Crippen LogP contribution in [0.15, 0.2) is 18.2 Å². The van der Waals surface area contributed by atoms with Crippen LogP contribution in [-0.2, 0) is 6.42 Å². The summed E-state index contributed by atoms with van der Waals surface area (Å²) in [5.74, 6) is 0. The lowest BCUT2D eigenvalue weighted by atomic mass is 10.1. The van der Waals surface area contributed by atoms with Gasteiger partial charge in [-0.3, -0.25) is 0 Å². The molecule has 0 atom stereocenters. The molecular weight excluding hydrogens is 193 g/mol. The average Bonchev–Trinajstić information content (AvgIpc) is 2.03. The summed E-state index contributed by atoms with van der Waals surface area (Å²) < 4.78 is 0. The molecule has 0 aliphatic carbocycles. The Morgan fingerprint density at radius 2 is 2.08 bits per heavy atom. The van der Waals surface area contributed by atoms with Crippen LogP contribution in [0.2, 0.25) is 10.0 Å². The molecule has 0 aliphatic rings. The highest BCUT2D eigenvalue weighted by molar-refractivity contribution is 6.35. The zero-order valence-electron chi connectivity index (χ0n) is 6.35. The Morgan fingerprint density at radius 3 is 2.67 bits per heavy atom. The maximum atomic E-state index is 6.62. The van der Waals surface area contributed by atoms with E-state index >= 15 is 0 Å². The van der Waals surface area contributed by atoms with E-state index in [1.807, 2.05) is 6.07 Å². The van der Waals surface area contributed by atoms with Crippen LogP contribution in [0.5, 0.6) is 0 Å². The molecule has 1 nitrogen and oxygen atoms in total. The standard InChI is InChI=1S/C9H7Cl2N/c1-12-5-4-7-2-3-8(10)6-9(7)11/h2-3,6H,4-5H2. The molecule has 0 saturated carbocycles. The highest BCUT2D eigenvalue weighted by Gasteiger charge is 2.01. The number of rotatable bonds is 2. The van der Waals surface area contributed by atoms with Gasteiger partial charge in [-0.25, -0.2) is 6.57 Å². The number of halogens is 2. The second-order valence-electron chi connectivity index (χ2n) is 2.37. The Labute approximate surface area is 81.7 Å². The van der Waals surface area contributed by atoms with Gasteiger partial charge in [0.25, 0.3) is 0 Å². The van der Waals surface area contributed by atoms with E-state index in [0.29, 0.717) is 23.0 Å². The fraction of sp³-hybridized carbons (Fsp3) is 0.222. The fourth-order valence-electron chi connectivity index (χ4n) is 0.901. The zero-order chi connectivity index (χ0) is 8.97. The van der Waals surface area contributed by atoms with Crippen molar-refractivity contribution >= 4 is 23.2 Å². The van der Waals surface area contributed by atoms with Crippen LogP contribution < -0.4 is 0 Å². The predicted octanol–water partition coefficient (Wildman–Crippen LogP) is 3.46. The summed E-state index contributed by atoms with van der Waals surface area (Å²) in [7, 11) is 0. The summed E-state index contributed by atoms with van der Waals surface area (Å²) in [5, 5.41) is 1.28. The third-order valence-electron chi connectivity index (χ3n) is 1.51. The summed E-state index contributed by atoms with van der Waals surface area (Å²) in [6, 6.07) is 5.34. The lowest BCUT2D eigenvalue weighted by molar-refractivity contribution is 1.08. The minimum atomic E-state index is 0.474. The third-order valence-corrected chi connectivity index (χ3v) is 2.10. The number of hydrogen-bond acceptors (Lipinski definition) is 0. The van der Waals surface area contributed by atoms with Gasteiger partial charge in [-0.1, -0.05) is 29.3 Å². The van der Waals surface area contributed by atoms with E-state index in [4.69, 9.17) is 29.8 Å². The first kappa shape index (κ1) is 9.38. The first-order valence-electron chi connectivity index (χ1n) is 3.51. The smallest absolute Gasteiger partial charge is 0.218 e. The molecule has 0 amide bonds. The Morgan fingerprint density at radius 1 is 1.33 bits per heavy atom. The van der Waals surface area contributed by atoms with Gasteiger partial charge in [0, 0.05) is 16.5 Å². The van der Waals surface area contributed by atoms with Crippen molar-refractivity contribution in [2.45, 2.75) is 6.42 Å². The molecule has 1 rings (SSSR count). The Bertz CT molecular complexity index is 315. The van der Waals surface area contributed by atoms with Gasteiger partial charge < -0.3 is 4.85 Å². The highest BCUT2D eigenvalue weighted by Crippen LogP contribution is 2.21. The van der Waals surface area contributed by atoms with Crippen LogP contribution in [0.3, 0.4) is 0 Å². The van der Waals surface area contributed by atoms with Gasteiger partial charge in [-0.05, 0) is 17.7 Å². The molecule has 0 radical (unpaired) electrons. The van der Waals surface area contributed by atoms with Gasteiger partial charge in [-0.15, -0.1) is 0 Å². The van der Waals surface area contributed by atoms with E-state index in [2.05, 4.69) is 4.85 Å². The zero-order valence-corrected chi connectivity index (χ0v) is 7.86. The van der Waals surface area contributed by atoms with Crippen LogP contribution in [0.4, 0.5) is 0 Å². The molecule has 1 aromatic carbocycles. The van der Waals surface area contributed by atoms with E-state index in [1.54, 1.807) is 12.1 Å². The lowest BCUT2D eigenvalue weighted by Crippen LogP contribution is -1.88. The SMILES string of the molecule is [C-]#[N+]CCc1ccc(Cl)cc1Cl. The molecule has 0 fully saturated rings. The van der Waals surface area contributed by atoms with Crippen LogP contribution in [-0.4, -0.2) is 6.54 Å². The van der Waals surface area contributed by atoms with Crippen molar-refractivity contribution in [3.05, 3.63) is 45.2 Å². The molecule has 12 heavy (non-hydrogen) atoms. The van der Waals surface area contributed by atoms with Gasteiger partial charge in [0.15, 0.2) is 0 Å². The number of benzene rings is 1. The van der Waals surface area contributed by atoms with Crippen molar-refractivity contribution in [3.8, 4) is 0 Å². The van der Waals surface area contributed by atoms with Crippen LogP contribution in [0, 0.1) is 6.57 Å². The molecule has 0 heterocycles. The van der Waals surface area contributed by atoms with E-state index in [0.717, 1.165) is 5.56 Å². The quantitative estimate of drug-likeness (QED) is 0.644. The molecule has 0 aliphatic heterocycles. The largest absolute Gasteiger partial charge is 0.317 e. The van der Waals surface area contributed by atoms with Crippen molar-refractivity contribution in [1.82, 2.24) is 0 Å². The second-order valence-corrected chi connectivity index (χ2v) is 3.21. The number of nitrogens with zero attached hydrogens (tertiary/aromatic N) is 1. The lowest BCUT2D eigenvalue weighted by Gasteiger charge is -1.99. The van der Waals surface area contributed by atoms with E-state index in [1.165, 1.54) is 0 Å². The third kappa shape index (κ3) is 2.41. The monoisotopic (exact) mass is 199 g/mol. The van der Waals surface area contributed by atoms with Crippen LogP contribution >= 0.6 is 23.2 Å². The number of hydrogen-bond donors (Lipinski definition) is 0. The van der Waals surface area contributed by atoms with Crippen LogP contribution in [0.25, 0.3) is 4.85 Å². The summed E-state index contributed by atoms with van der Waals surface area (Å²) in [6.45, 7) is 7.09. The van der Waals surface area contributed by atoms with Crippen molar-refractivity contribution in [2.75, 3.05) is 6.54 Å². The summed E-state index contributed by atoms with van der Waals surface area (Å²) in [4.78, 5) is 3.25. The maximum Gasteiger partial charge on any atom is 0.218 e. The molecular formula is C9H7Cl2N. The average molecular weight is 200 g/mol. The molecule has 0 spiro atoms. The van der Waals surface area contributed by atoms with E-state index < -0.39 is 0 Å². The molecule has 3 heteroatoms. The molecule has 0 N–H and O–H groups in total. The van der Waals surface area contributed by atoms with Gasteiger partial charge in [0.05, 0.1) is 0 Å². The van der Waals surface area contributed by atoms with Gasteiger partial charge >= 0.3 is 0 Å². The Balaban J connectivity index is 2.81. The second kappa shape index (κ2) is 4.35. The Hall–Kier alpha value is -0.710. The van der Waals surface area contributed by atoms with Gasteiger partial charge in [0.1, 0.15) is 0 Å². The summed E-state index contributed by atoms with van der Waals surface area (Å²) >= 11 is 11.6. The summed E-state index contributed by atoms with van der Waals surface area (Å²) in [5.41, 5.74) is 0.983. The molecule has 0 unspecified atom stereocenters. The molecule has 0 bridgehead atoms. The van der Waals surface area contributed by atoms with Crippen molar-refractivity contribution in [2.24, 2.45) is 0 Å². The van der Waals surface area contributed by atoms with Crippen molar-refractivity contribution in [3.63, 3.8) is 0 Å². The first-order valence-corrected chi connectivity index (χ1v) is 4.27. The molecule has 1 aromatic rings. The van der Waals surface area contributed by atoms with E-state index in [9.17, 15) is 0 Å². The first-order chi connectivity index (χ1) is 5.74. The normalized spacial score (nSPS) is 9.42. The maximum absolute atomic E-state index is 6.62. The van der Waals surface area contributed by atoms with E-state index in [-0.39, 0.29) is 0 Å². The minimum absolute atomic E-state index is 0.474. The fourth-order valence-corrected chi connectivity index (χ4v) is 1.40. The molecule has 0 aromatic heterocycles. The van der Waals surface area contributed by atoms with Crippen molar-refractivity contribution < 1.29 is 0 Å². The Kier molecular flexibility index (Phi) is 3.40. The predicted molar refractivity (Wildman–Crippen MR) is 51.6 cm³/mol. The van der Waals surface area contributed by atoms with Gasteiger partial charge in [-0.2, -0.15) is 0 Å². The van der Waals surface area contributed by atoms with Crippen LogP contribution in [0.1, 0.15) is 5.56 Å². The molecule has 0 saturated heterocycles. The summed E-state index contributed by atoms with van der Waals surface area (Å²) in [6.07, 6.45) is 0.694. The minimum Gasteiger partial charge on any atom is -0.317 e.